The molecule has 0 saturated heterocycles. The summed E-state index contributed by atoms with van der Waals surface area (Å²) in [5.74, 6) is -0.00623. The molecule has 0 amide bonds. The smallest absolute Gasteiger partial charge is 0.295 e. The Bertz CT molecular complexity index is 650. The van der Waals surface area contributed by atoms with Crippen molar-refractivity contribution in [2.75, 3.05) is 0 Å². The highest BCUT2D eigenvalue weighted by Gasteiger charge is 2.29. The lowest BCUT2D eigenvalue weighted by molar-refractivity contribution is -0.137. The molecular weight excluding hydrogens is 277 g/mol. The second-order valence-corrected chi connectivity index (χ2v) is 4.63. The van der Waals surface area contributed by atoms with Gasteiger partial charge in [0.05, 0.1) is 5.56 Å². The van der Waals surface area contributed by atoms with E-state index in [1.54, 1.807) is 36.4 Å². The molecule has 0 radical (unpaired) electrons. The molecule has 0 N–H and O–H groups in total. The molecule has 2 rings (SSSR count). The number of carbonyl (C=O) groups excluding carboxylic acids is 1. The summed E-state index contributed by atoms with van der Waals surface area (Å²) in [7, 11) is 0. The number of hydrogen-bond acceptors (Lipinski definition) is 1. The van der Waals surface area contributed by atoms with Gasteiger partial charge in [0.1, 0.15) is 0 Å². The van der Waals surface area contributed by atoms with Gasteiger partial charge in [0.25, 0.3) is 0 Å². The van der Waals surface area contributed by atoms with E-state index in [0.29, 0.717) is 11.1 Å². The highest BCUT2D eigenvalue weighted by Crippen LogP contribution is 2.29. The second-order valence-electron chi connectivity index (χ2n) is 4.63. The zero-order valence-corrected chi connectivity index (χ0v) is 11.3. The first-order chi connectivity index (χ1) is 9.86. The van der Waals surface area contributed by atoms with Crippen LogP contribution in [0.4, 0.5) is 13.2 Å². The average Bonchev–Trinajstić information content (AvgIpc) is 2.45. The van der Waals surface area contributed by atoms with Crippen molar-refractivity contribution in [3.63, 3.8) is 0 Å². The molecule has 0 saturated carbocycles. The molecule has 0 fully saturated rings. The maximum Gasteiger partial charge on any atom is 0.416 e. The summed E-state index contributed by atoms with van der Waals surface area (Å²) in [4.78, 5) is 11.1. The molecule has 2 aromatic rings. The predicted molar refractivity (Wildman–Crippen MR) is 76.8 cm³/mol. The number of ketones is 1. The van der Waals surface area contributed by atoms with E-state index in [1.165, 1.54) is 19.1 Å². The van der Waals surface area contributed by atoms with Crippen molar-refractivity contribution in [2.24, 2.45) is 0 Å². The topological polar surface area (TPSA) is 17.1 Å². The number of Topliss-reactive ketones (excluding diaryl/α,β-unsaturated/α-hetero) is 1. The number of hydrogen-bond donors (Lipinski definition) is 0. The quantitative estimate of drug-likeness (QED) is 0.569. The average molecular weight is 290 g/mol. The molecule has 0 spiro atoms. The van der Waals surface area contributed by atoms with E-state index in [-0.39, 0.29) is 5.78 Å². The molecule has 1 nitrogen and oxygen atoms in total. The van der Waals surface area contributed by atoms with Gasteiger partial charge in [-0.15, -0.1) is 0 Å². The number of carbonyl (C=O) groups is 1. The van der Waals surface area contributed by atoms with E-state index in [9.17, 15) is 18.0 Å². The summed E-state index contributed by atoms with van der Waals surface area (Å²) >= 11 is 0. The van der Waals surface area contributed by atoms with Crippen LogP contribution in [0.2, 0.25) is 0 Å². The van der Waals surface area contributed by atoms with Gasteiger partial charge in [-0.1, -0.05) is 48.6 Å². The molecule has 0 heterocycles. The van der Waals surface area contributed by atoms with Crippen molar-refractivity contribution in [3.8, 4) is 0 Å². The number of benzene rings is 2. The molecule has 0 unspecified atom stereocenters. The standard InChI is InChI=1S/C17H13F3O/c1-12(21)15-8-4-13(5-9-15)2-3-14-6-10-16(11-7-14)17(18,19)20/h2-11H,1H3/b3-2+. The summed E-state index contributed by atoms with van der Waals surface area (Å²) in [6.45, 7) is 1.49. The molecule has 0 aromatic heterocycles. The van der Waals surface area contributed by atoms with E-state index < -0.39 is 11.7 Å². The molecule has 0 atom stereocenters. The summed E-state index contributed by atoms with van der Waals surface area (Å²) < 4.78 is 37.3. The lowest BCUT2D eigenvalue weighted by Gasteiger charge is -2.05. The SMILES string of the molecule is CC(=O)c1ccc(/C=C/c2ccc(C(F)(F)F)cc2)cc1. The third-order valence-electron chi connectivity index (χ3n) is 3.02. The van der Waals surface area contributed by atoms with E-state index in [4.69, 9.17) is 0 Å². The van der Waals surface area contributed by atoms with Crippen LogP contribution >= 0.6 is 0 Å². The molecule has 0 aliphatic heterocycles. The van der Waals surface area contributed by atoms with Crippen molar-refractivity contribution in [2.45, 2.75) is 13.1 Å². The van der Waals surface area contributed by atoms with Gasteiger partial charge in [-0.3, -0.25) is 4.79 Å². The predicted octanol–water partition coefficient (Wildman–Crippen LogP) is 5.08. The first kappa shape index (κ1) is 15.0. The van der Waals surface area contributed by atoms with Crippen LogP contribution in [0.3, 0.4) is 0 Å². The lowest BCUT2D eigenvalue weighted by Crippen LogP contribution is -2.03. The molecule has 4 heteroatoms. The van der Waals surface area contributed by atoms with Crippen LogP contribution < -0.4 is 0 Å². The van der Waals surface area contributed by atoms with Crippen molar-refractivity contribution >= 4 is 17.9 Å². The van der Waals surface area contributed by atoms with Crippen molar-refractivity contribution in [3.05, 3.63) is 70.8 Å². The zero-order valence-electron chi connectivity index (χ0n) is 11.3. The van der Waals surface area contributed by atoms with Gasteiger partial charge >= 0.3 is 6.18 Å². The lowest BCUT2D eigenvalue weighted by atomic mass is 10.1. The summed E-state index contributed by atoms with van der Waals surface area (Å²) in [5, 5.41) is 0. The molecule has 0 bridgehead atoms. The number of alkyl halides is 3. The minimum Gasteiger partial charge on any atom is -0.295 e. The largest absolute Gasteiger partial charge is 0.416 e. The molecule has 108 valence electrons. The fraction of sp³-hybridized carbons (Fsp3) is 0.118. The first-order valence-electron chi connectivity index (χ1n) is 6.32. The van der Waals surface area contributed by atoms with E-state index in [2.05, 4.69) is 0 Å². The maximum atomic E-state index is 12.4. The minimum absolute atomic E-state index is 0.00623. The van der Waals surface area contributed by atoms with Crippen LogP contribution in [0.5, 0.6) is 0 Å². The molecule has 0 aliphatic rings. The first-order valence-corrected chi connectivity index (χ1v) is 6.32. The van der Waals surface area contributed by atoms with Crippen molar-refractivity contribution < 1.29 is 18.0 Å². The van der Waals surface area contributed by atoms with Gasteiger partial charge in [-0.2, -0.15) is 13.2 Å². The highest BCUT2D eigenvalue weighted by atomic mass is 19.4. The molecule has 21 heavy (non-hydrogen) atoms. The van der Waals surface area contributed by atoms with Gasteiger partial charge in [0.2, 0.25) is 0 Å². The van der Waals surface area contributed by atoms with E-state index in [1.807, 2.05) is 0 Å². The Balaban J connectivity index is 2.12. The van der Waals surface area contributed by atoms with Gasteiger partial charge in [0.15, 0.2) is 5.78 Å². The fourth-order valence-electron chi connectivity index (χ4n) is 1.80. The Morgan fingerprint density at radius 1 is 0.857 bits per heavy atom. The molecule has 2 aromatic carbocycles. The van der Waals surface area contributed by atoms with E-state index in [0.717, 1.165) is 17.7 Å². The van der Waals surface area contributed by atoms with Crippen LogP contribution in [-0.2, 0) is 6.18 Å². The Morgan fingerprint density at radius 3 is 1.67 bits per heavy atom. The highest BCUT2D eigenvalue weighted by molar-refractivity contribution is 5.94. The third-order valence-corrected chi connectivity index (χ3v) is 3.02. The van der Waals surface area contributed by atoms with Gasteiger partial charge in [-0.05, 0) is 30.2 Å². The van der Waals surface area contributed by atoms with E-state index >= 15 is 0 Å². The van der Waals surface area contributed by atoms with Crippen molar-refractivity contribution in [1.29, 1.82) is 0 Å². The van der Waals surface area contributed by atoms with Gasteiger partial charge in [0, 0.05) is 5.56 Å². The van der Waals surface area contributed by atoms with Crippen LogP contribution in [-0.4, -0.2) is 5.78 Å². The molecular formula is C17H13F3O. The van der Waals surface area contributed by atoms with Crippen LogP contribution in [0, 0.1) is 0 Å². The Kier molecular flexibility index (Phi) is 4.26. The van der Waals surface area contributed by atoms with Gasteiger partial charge < -0.3 is 0 Å². The zero-order chi connectivity index (χ0) is 15.5. The number of rotatable bonds is 3. The number of halogens is 3. The normalized spacial score (nSPS) is 11.8. The third kappa shape index (κ3) is 4.05. The van der Waals surface area contributed by atoms with Crippen LogP contribution in [0.1, 0.15) is 34.0 Å². The Hall–Kier alpha value is -2.36. The maximum absolute atomic E-state index is 12.4. The summed E-state index contributed by atoms with van der Waals surface area (Å²) in [5.41, 5.74) is 1.52. The second kappa shape index (κ2) is 5.95. The minimum atomic E-state index is -4.31. The van der Waals surface area contributed by atoms with Gasteiger partial charge in [-0.25, -0.2) is 0 Å². The van der Waals surface area contributed by atoms with Crippen molar-refractivity contribution in [1.82, 2.24) is 0 Å². The Labute approximate surface area is 120 Å². The molecule has 0 aliphatic carbocycles. The monoisotopic (exact) mass is 290 g/mol. The van der Waals surface area contributed by atoms with Crippen LogP contribution in [0.15, 0.2) is 48.5 Å². The summed E-state index contributed by atoms with van der Waals surface area (Å²) in [6.07, 6.45) is -0.805. The fourth-order valence-corrected chi connectivity index (χ4v) is 1.80. The Morgan fingerprint density at radius 2 is 1.29 bits per heavy atom. The summed E-state index contributed by atoms with van der Waals surface area (Å²) in [6, 6.07) is 12.0. The van der Waals surface area contributed by atoms with Crippen LogP contribution in [0.25, 0.3) is 12.2 Å².